The molecule has 0 N–H and O–H groups in total. The van der Waals surface area contributed by atoms with Gasteiger partial charge in [-0.15, -0.1) is 0 Å². The average Bonchev–Trinajstić information content (AvgIpc) is 2.14. The first-order chi connectivity index (χ1) is 7.02. The van der Waals surface area contributed by atoms with Crippen LogP contribution >= 0.6 is 0 Å². The van der Waals surface area contributed by atoms with Crippen molar-refractivity contribution in [1.29, 1.82) is 0 Å². The van der Waals surface area contributed by atoms with Crippen molar-refractivity contribution in [1.82, 2.24) is 0 Å². The monoisotopic (exact) mass is 236 g/mol. The molecule has 5 nitrogen and oxygen atoms in total. The molecule has 0 aliphatic carbocycles. The molecule has 0 aliphatic heterocycles. The lowest BCUT2D eigenvalue weighted by atomic mass is 10.6. The summed E-state index contributed by atoms with van der Waals surface area (Å²) in [5.74, 6) is -0.0535. The molecule has 0 saturated carbocycles. The number of rotatable bonds is 7. The second-order valence-corrected chi connectivity index (χ2v) is 5.15. The third-order valence-corrected chi connectivity index (χ3v) is 3.27. The van der Waals surface area contributed by atoms with Crippen molar-refractivity contribution in [2.75, 3.05) is 24.7 Å². The summed E-state index contributed by atoms with van der Waals surface area (Å²) >= 11 is 0. The van der Waals surface area contributed by atoms with E-state index in [9.17, 15) is 13.2 Å². The van der Waals surface area contributed by atoms with Crippen molar-refractivity contribution in [2.45, 2.75) is 13.3 Å². The normalized spacial score (nSPS) is 10.7. The predicted molar refractivity (Wildman–Crippen MR) is 56.4 cm³/mol. The number of hydrogen-bond acceptors (Lipinski definition) is 5. The SMILES string of the molecule is C=CCOC(=O)OCCS(=O)(=O)CCC. The summed E-state index contributed by atoms with van der Waals surface area (Å²) in [5.41, 5.74) is 0. The molecule has 0 aromatic rings. The van der Waals surface area contributed by atoms with Crippen LogP contribution in [0.1, 0.15) is 13.3 Å². The zero-order valence-electron chi connectivity index (χ0n) is 8.77. The molecule has 0 radical (unpaired) electrons. The number of ether oxygens (including phenoxy) is 2. The van der Waals surface area contributed by atoms with Crippen molar-refractivity contribution < 1.29 is 22.7 Å². The number of hydrogen-bond donors (Lipinski definition) is 0. The lowest BCUT2D eigenvalue weighted by molar-refractivity contribution is 0.0679. The van der Waals surface area contributed by atoms with Crippen LogP contribution in [-0.2, 0) is 19.3 Å². The van der Waals surface area contributed by atoms with Gasteiger partial charge < -0.3 is 9.47 Å². The molecule has 0 aromatic carbocycles. The first-order valence-electron chi connectivity index (χ1n) is 4.62. The maximum absolute atomic E-state index is 11.2. The zero-order valence-corrected chi connectivity index (χ0v) is 9.59. The summed E-state index contributed by atoms with van der Waals surface area (Å²) < 4.78 is 31.4. The average molecular weight is 236 g/mol. The molecule has 15 heavy (non-hydrogen) atoms. The minimum atomic E-state index is -3.10. The van der Waals surface area contributed by atoms with Gasteiger partial charge in [-0.05, 0) is 6.42 Å². The van der Waals surface area contributed by atoms with E-state index in [0.717, 1.165) is 0 Å². The molecule has 0 aliphatic rings. The summed E-state index contributed by atoms with van der Waals surface area (Å²) in [6.07, 6.45) is 1.08. The van der Waals surface area contributed by atoms with Crippen LogP contribution in [0, 0.1) is 0 Å². The Balaban J connectivity index is 3.69. The highest BCUT2D eigenvalue weighted by Crippen LogP contribution is 1.95. The molecule has 6 heteroatoms. The van der Waals surface area contributed by atoms with E-state index in [1.165, 1.54) is 6.08 Å². The molecule has 0 rings (SSSR count). The van der Waals surface area contributed by atoms with E-state index in [-0.39, 0.29) is 24.7 Å². The van der Waals surface area contributed by atoms with Crippen LogP contribution in [0.15, 0.2) is 12.7 Å². The zero-order chi connectivity index (χ0) is 11.7. The predicted octanol–water partition coefficient (Wildman–Crippen LogP) is 1.15. The third-order valence-electron chi connectivity index (χ3n) is 1.45. The minimum absolute atomic E-state index is 0.0561. The molecule has 0 aromatic heterocycles. The van der Waals surface area contributed by atoms with Gasteiger partial charge in [0, 0.05) is 0 Å². The molecule has 0 spiro atoms. The Kier molecular flexibility index (Phi) is 6.77. The van der Waals surface area contributed by atoms with Crippen molar-refractivity contribution in [3.05, 3.63) is 12.7 Å². The van der Waals surface area contributed by atoms with E-state index in [2.05, 4.69) is 16.1 Å². The van der Waals surface area contributed by atoms with Gasteiger partial charge in [0.2, 0.25) is 0 Å². The molecule has 0 saturated heterocycles. The van der Waals surface area contributed by atoms with Gasteiger partial charge in [0.25, 0.3) is 0 Å². The maximum atomic E-state index is 11.2. The van der Waals surface area contributed by atoms with Gasteiger partial charge in [-0.25, -0.2) is 13.2 Å². The first-order valence-corrected chi connectivity index (χ1v) is 6.45. The molecule has 0 atom stereocenters. The third kappa shape index (κ3) is 7.99. The lowest BCUT2D eigenvalue weighted by Crippen LogP contribution is -2.18. The Labute approximate surface area is 90.0 Å². The highest BCUT2D eigenvalue weighted by atomic mass is 32.2. The smallest absolute Gasteiger partial charge is 0.433 e. The van der Waals surface area contributed by atoms with Crippen molar-refractivity contribution >= 4 is 16.0 Å². The Bertz CT molecular complexity index is 294. The largest absolute Gasteiger partial charge is 0.508 e. The summed E-state index contributed by atoms with van der Waals surface area (Å²) in [6.45, 7) is 5.01. The van der Waals surface area contributed by atoms with Gasteiger partial charge >= 0.3 is 6.16 Å². The fourth-order valence-corrected chi connectivity index (χ4v) is 2.00. The van der Waals surface area contributed by atoms with Crippen LogP contribution in [0.2, 0.25) is 0 Å². The Morgan fingerprint density at radius 2 is 2.00 bits per heavy atom. The lowest BCUT2D eigenvalue weighted by Gasteiger charge is -2.04. The van der Waals surface area contributed by atoms with Crippen LogP contribution < -0.4 is 0 Å². The molecule has 0 bridgehead atoms. The van der Waals surface area contributed by atoms with Crippen LogP contribution in [0.25, 0.3) is 0 Å². The quantitative estimate of drug-likeness (QED) is 0.490. The van der Waals surface area contributed by atoms with Gasteiger partial charge in [-0.1, -0.05) is 19.6 Å². The van der Waals surface area contributed by atoms with Crippen molar-refractivity contribution in [3.63, 3.8) is 0 Å². The van der Waals surface area contributed by atoms with Gasteiger partial charge in [0.05, 0.1) is 11.5 Å². The van der Waals surface area contributed by atoms with Gasteiger partial charge in [-0.2, -0.15) is 0 Å². The van der Waals surface area contributed by atoms with E-state index in [1.54, 1.807) is 6.92 Å². The Morgan fingerprint density at radius 3 is 2.53 bits per heavy atom. The van der Waals surface area contributed by atoms with Crippen LogP contribution in [0.3, 0.4) is 0 Å². The minimum Gasteiger partial charge on any atom is -0.433 e. The number of carbonyl (C=O) groups is 1. The fourth-order valence-electron chi connectivity index (χ4n) is 0.834. The maximum Gasteiger partial charge on any atom is 0.508 e. The van der Waals surface area contributed by atoms with E-state index in [4.69, 9.17) is 0 Å². The van der Waals surface area contributed by atoms with Gasteiger partial charge in [-0.3, -0.25) is 0 Å². The van der Waals surface area contributed by atoms with E-state index in [1.807, 2.05) is 0 Å². The van der Waals surface area contributed by atoms with Gasteiger partial charge in [0.1, 0.15) is 13.2 Å². The fraction of sp³-hybridized carbons (Fsp3) is 0.667. The molecule has 0 heterocycles. The molecule has 0 amide bonds. The highest BCUT2D eigenvalue weighted by molar-refractivity contribution is 7.91. The molecular formula is C9H16O5S. The second kappa shape index (κ2) is 7.28. The first kappa shape index (κ1) is 14.0. The Hall–Kier alpha value is -1.04. The van der Waals surface area contributed by atoms with E-state index in [0.29, 0.717) is 6.42 Å². The summed E-state index contributed by atoms with van der Waals surface area (Å²) in [5, 5.41) is 0. The molecule has 0 fully saturated rings. The van der Waals surface area contributed by atoms with Gasteiger partial charge in [0.15, 0.2) is 9.84 Å². The molecule has 0 unspecified atom stereocenters. The number of sulfone groups is 1. The highest BCUT2D eigenvalue weighted by Gasteiger charge is 2.11. The van der Waals surface area contributed by atoms with E-state index < -0.39 is 16.0 Å². The summed E-state index contributed by atoms with van der Waals surface area (Å²) in [7, 11) is -3.10. The van der Waals surface area contributed by atoms with Crippen LogP contribution in [0.5, 0.6) is 0 Å². The topological polar surface area (TPSA) is 69.7 Å². The molecule has 88 valence electrons. The number of carbonyl (C=O) groups excluding carboxylic acids is 1. The second-order valence-electron chi connectivity index (χ2n) is 2.85. The van der Waals surface area contributed by atoms with E-state index >= 15 is 0 Å². The summed E-state index contributed by atoms with van der Waals surface area (Å²) in [4.78, 5) is 10.8. The standard InChI is InChI=1S/C9H16O5S/c1-3-5-13-9(10)14-6-8-15(11,12)7-4-2/h3H,1,4-8H2,2H3. The van der Waals surface area contributed by atoms with Crippen LogP contribution in [0.4, 0.5) is 4.79 Å². The van der Waals surface area contributed by atoms with Crippen molar-refractivity contribution in [3.8, 4) is 0 Å². The van der Waals surface area contributed by atoms with Crippen molar-refractivity contribution in [2.24, 2.45) is 0 Å². The van der Waals surface area contributed by atoms with Crippen LogP contribution in [-0.4, -0.2) is 39.3 Å². The summed E-state index contributed by atoms with van der Waals surface area (Å²) in [6, 6.07) is 0. The Morgan fingerprint density at radius 1 is 1.33 bits per heavy atom. The molecular weight excluding hydrogens is 220 g/mol.